The molecule has 0 aliphatic heterocycles. The van der Waals surface area contributed by atoms with E-state index in [2.05, 4.69) is 6.92 Å². The van der Waals surface area contributed by atoms with Crippen molar-refractivity contribution in [1.82, 2.24) is 0 Å². The van der Waals surface area contributed by atoms with Crippen LogP contribution in [0.25, 0.3) is 0 Å². The van der Waals surface area contributed by atoms with E-state index in [-0.39, 0.29) is 6.67 Å². The molecule has 1 nitrogen and oxygen atoms in total. The minimum absolute atomic E-state index is 0.224. The summed E-state index contributed by atoms with van der Waals surface area (Å²) < 4.78 is 16.7. The summed E-state index contributed by atoms with van der Waals surface area (Å²) in [6.07, 6.45) is 3.40. The minimum atomic E-state index is -0.224. The highest BCUT2D eigenvalue weighted by Crippen LogP contribution is 1.92. The molecule has 1 radical (unpaired) electrons. The fraction of sp³-hybridized carbons (Fsp3) is 0.875. The summed E-state index contributed by atoms with van der Waals surface area (Å²) in [5.74, 6) is 0. The van der Waals surface area contributed by atoms with Gasteiger partial charge in [0, 0.05) is 13.2 Å². The average Bonchev–Trinajstić information content (AvgIpc) is 1.97. The van der Waals surface area contributed by atoms with E-state index in [0.29, 0.717) is 13.0 Å². The standard InChI is InChI=1S/C8H16FO/c1-2-3-7-10-8-5-4-6-9/h1-8H2. The number of rotatable bonds is 7. The molecule has 0 spiro atoms. The molecule has 0 saturated carbocycles. The van der Waals surface area contributed by atoms with Gasteiger partial charge in [-0.2, -0.15) is 0 Å². The highest BCUT2D eigenvalue weighted by atomic mass is 19.1. The van der Waals surface area contributed by atoms with E-state index in [1.165, 1.54) is 0 Å². The van der Waals surface area contributed by atoms with Crippen LogP contribution in [0.2, 0.25) is 0 Å². The summed E-state index contributed by atoms with van der Waals surface area (Å²) in [5, 5.41) is 0. The van der Waals surface area contributed by atoms with E-state index in [1.54, 1.807) is 0 Å². The van der Waals surface area contributed by atoms with Gasteiger partial charge in [-0.05, 0) is 19.3 Å². The summed E-state index contributed by atoms with van der Waals surface area (Å²) in [6, 6.07) is 0. The van der Waals surface area contributed by atoms with Crippen LogP contribution in [-0.2, 0) is 4.74 Å². The zero-order valence-corrected chi connectivity index (χ0v) is 6.44. The molecule has 0 aromatic carbocycles. The van der Waals surface area contributed by atoms with Crippen LogP contribution < -0.4 is 0 Å². The van der Waals surface area contributed by atoms with Crippen molar-refractivity contribution in [3.63, 3.8) is 0 Å². The maximum absolute atomic E-state index is 11.5. The van der Waals surface area contributed by atoms with E-state index < -0.39 is 0 Å². The molecule has 0 aliphatic rings. The normalized spacial score (nSPS) is 10.2. The van der Waals surface area contributed by atoms with Crippen LogP contribution in [0.3, 0.4) is 0 Å². The predicted octanol–water partition coefficient (Wildman–Crippen LogP) is 2.37. The van der Waals surface area contributed by atoms with Crippen LogP contribution in [0.5, 0.6) is 0 Å². The number of halogens is 1. The third kappa shape index (κ3) is 7.89. The summed E-state index contributed by atoms with van der Waals surface area (Å²) in [7, 11) is 0. The van der Waals surface area contributed by atoms with Gasteiger partial charge >= 0.3 is 0 Å². The molecule has 0 aromatic rings. The second-order valence-corrected chi connectivity index (χ2v) is 2.22. The summed E-state index contributed by atoms with van der Waals surface area (Å²) in [4.78, 5) is 0. The third-order valence-corrected chi connectivity index (χ3v) is 1.21. The van der Waals surface area contributed by atoms with Crippen LogP contribution >= 0.6 is 0 Å². The molecule has 61 valence electrons. The van der Waals surface area contributed by atoms with Crippen molar-refractivity contribution in [2.45, 2.75) is 25.7 Å². The Morgan fingerprint density at radius 2 is 1.80 bits per heavy atom. The van der Waals surface area contributed by atoms with Crippen LogP contribution in [-0.4, -0.2) is 19.9 Å². The Hall–Kier alpha value is -0.110. The van der Waals surface area contributed by atoms with Crippen LogP contribution in [0.15, 0.2) is 0 Å². The Bertz CT molecular complexity index is 49.2. The SMILES string of the molecule is [CH2]CCCOCCCCF. The molecule has 0 unspecified atom stereocenters. The number of alkyl halides is 1. The molecular formula is C8H16FO. The molecule has 0 bridgehead atoms. The number of unbranched alkanes of at least 4 members (excludes halogenated alkanes) is 2. The molecule has 0 aliphatic carbocycles. The van der Waals surface area contributed by atoms with E-state index in [9.17, 15) is 4.39 Å². The predicted molar refractivity (Wildman–Crippen MR) is 40.6 cm³/mol. The van der Waals surface area contributed by atoms with Gasteiger partial charge in [-0.25, -0.2) is 0 Å². The Labute approximate surface area is 62.6 Å². The van der Waals surface area contributed by atoms with Gasteiger partial charge in [-0.15, -0.1) is 0 Å². The van der Waals surface area contributed by atoms with Gasteiger partial charge in [0.2, 0.25) is 0 Å². The van der Waals surface area contributed by atoms with Crippen molar-refractivity contribution >= 4 is 0 Å². The second kappa shape index (κ2) is 8.89. The number of ether oxygens (including phenoxy) is 1. The van der Waals surface area contributed by atoms with Crippen molar-refractivity contribution in [2.24, 2.45) is 0 Å². The number of hydrogen-bond donors (Lipinski definition) is 0. The Balaban J connectivity index is 2.65. The quantitative estimate of drug-likeness (QED) is 0.502. The minimum Gasteiger partial charge on any atom is -0.381 e. The highest BCUT2D eigenvalue weighted by Gasteiger charge is 1.87. The fourth-order valence-electron chi connectivity index (χ4n) is 0.605. The average molecular weight is 147 g/mol. The Morgan fingerprint density at radius 1 is 1.10 bits per heavy atom. The molecule has 2 heteroatoms. The zero-order valence-electron chi connectivity index (χ0n) is 6.44. The first-order chi connectivity index (χ1) is 4.91. The molecule has 0 aromatic heterocycles. The van der Waals surface area contributed by atoms with Gasteiger partial charge in [-0.1, -0.05) is 13.3 Å². The lowest BCUT2D eigenvalue weighted by molar-refractivity contribution is 0.127. The highest BCUT2D eigenvalue weighted by molar-refractivity contribution is 4.40. The van der Waals surface area contributed by atoms with Gasteiger partial charge in [0.05, 0.1) is 6.67 Å². The van der Waals surface area contributed by atoms with E-state index in [4.69, 9.17) is 4.74 Å². The van der Waals surface area contributed by atoms with Gasteiger partial charge in [0.25, 0.3) is 0 Å². The van der Waals surface area contributed by atoms with Crippen molar-refractivity contribution < 1.29 is 9.13 Å². The summed E-state index contributed by atoms with van der Waals surface area (Å²) in [5.41, 5.74) is 0. The lowest BCUT2D eigenvalue weighted by atomic mass is 10.3. The smallest absolute Gasteiger partial charge is 0.0895 e. The second-order valence-electron chi connectivity index (χ2n) is 2.22. The fourth-order valence-corrected chi connectivity index (χ4v) is 0.605. The van der Waals surface area contributed by atoms with Crippen LogP contribution in [0.1, 0.15) is 25.7 Å². The largest absolute Gasteiger partial charge is 0.381 e. The first-order valence-electron chi connectivity index (χ1n) is 3.84. The number of hydrogen-bond acceptors (Lipinski definition) is 1. The van der Waals surface area contributed by atoms with Crippen molar-refractivity contribution in [3.8, 4) is 0 Å². The monoisotopic (exact) mass is 147 g/mol. The lowest BCUT2D eigenvalue weighted by Crippen LogP contribution is -1.96. The molecule has 10 heavy (non-hydrogen) atoms. The van der Waals surface area contributed by atoms with Crippen molar-refractivity contribution in [3.05, 3.63) is 6.92 Å². The Morgan fingerprint density at radius 3 is 2.40 bits per heavy atom. The molecule has 0 saturated heterocycles. The van der Waals surface area contributed by atoms with Crippen LogP contribution in [0.4, 0.5) is 4.39 Å². The van der Waals surface area contributed by atoms with E-state index in [0.717, 1.165) is 25.9 Å². The zero-order chi connectivity index (χ0) is 7.66. The van der Waals surface area contributed by atoms with Gasteiger partial charge in [0.15, 0.2) is 0 Å². The molecule has 0 heterocycles. The van der Waals surface area contributed by atoms with Gasteiger partial charge < -0.3 is 4.74 Å². The molecular weight excluding hydrogens is 131 g/mol. The molecule has 0 N–H and O–H groups in total. The first kappa shape index (κ1) is 9.89. The van der Waals surface area contributed by atoms with Crippen molar-refractivity contribution in [1.29, 1.82) is 0 Å². The summed E-state index contributed by atoms with van der Waals surface area (Å²) in [6.45, 7) is 4.93. The van der Waals surface area contributed by atoms with Gasteiger partial charge in [-0.3, -0.25) is 4.39 Å². The van der Waals surface area contributed by atoms with E-state index >= 15 is 0 Å². The third-order valence-electron chi connectivity index (χ3n) is 1.21. The topological polar surface area (TPSA) is 9.23 Å². The molecule has 0 fully saturated rings. The molecule has 0 rings (SSSR count). The maximum atomic E-state index is 11.5. The van der Waals surface area contributed by atoms with Gasteiger partial charge in [0.1, 0.15) is 0 Å². The van der Waals surface area contributed by atoms with E-state index in [1.807, 2.05) is 0 Å². The maximum Gasteiger partial charge on any atom is 0.0895 e. The molecule has 0 atom stereocenters. The molecule has 0 amide bonds. The lowest BCUT2D eigenvalue weighted by Gasteiger charge is -2.00. The first-order valence-corrected chi connectivity index (χ1v) is 3.84. The Kier molecular flexibility index (Phi) is 8.79. The van der Waals surface area contributed by atoms with Crippen molar-refractivity contribution in [2.75, 3.05) is 19.9 Å². The summed E-state index contributed by atoms with van der Waals surface area (Å²) >= 11 is 0. The van der Waals surface area contributed by atoms with Crippen LogP contribution in [0, 0.1) is 6.92 Å².